The number of aliphatic hydroxyl groups excluding tert-OH is 1. The largest absolute Gasteiger partial charge is 0.392 e. The molecule has 0 aromatic carbocycles. The van der Waals surface area contributed by atoms with Crippen molar-refractivity contribution in [2.75, 3.05) is 0 Å². The topological polar surface area (TPSA) is 32.3 Å². The first-order chi connectivity index (χ1) is 9.22. The summed E-state index contributed by atoms with van der Waals surface area (Å²) in [5.41, 5.74) is 0.140. The van der Waals surface area contributed by atoms with E-state index in [0.29, 0.717) is 6.04 Å². The van der Waals surface area contributed by atoms with Crippen LogP contribution >= 0.6 is 45.2 Å². The third-order valence-electron chi connectivity index (χ3n) is 4.63. The highest BCUT2D eigenvalue weighted by atomic mass is 127. The molecule has 0 unspecified atom stereocenters. The Bertz CT molecular complexity index is 341. The molecule has 1 saturated carbocycles. The number of nitrogens with one attached hydrogen (secondary N) is 1. The average Bonchev–Trinajstić information content (AvgIpc) is 2.41. The second-order valence-corrected chi connectivity index (χ2v) is 7.23. The predicted octanol–water partition coefficient (Wildman–Crippen LogP) is 4.32. The lowest BCUT2D eigenvalue weighted by atomic mass is 9.66. The molecule has 0 radical (unpaired) electrons. The van der Waals surface area contributed by atoms with Gasteiger partial charge in [-0.1, -0.05) is 63.8 Å². The number of hydrogen-bond donors (Lipinski definition) is 2. The molecule has 1 spiro atoms. The number of hydrogen-bond acceptors (Lipinski definition) is 2. The third-order valence-corrected chi connectivity index (χ3v) is 5.56. The maximum absolute atomic E-state index is 10.4. The maximum atomic E-state index is 10.4. The van der Waals surface area contributed by atoms with Crippen molar-refractivity contribution < 1.29 is 5.11 Å². The molecule has 19 heavy (non-hydrogen) atoms. The van der Waals surface area contributed by atoms with E-state index in [-0.39, 0.29) is 17.6 Å². The summed E-state index contributed by atoms with van der Waals surface area (Å²) in [5.74, 6) is 0.282. The monoisotopic (exact) mass is 487 g/mol. The van der Waals surface area contributed by atoms with Gasteiger partial charge < -0.3 is 10.4 Å². The second-order valence-electron chi connectivity index (χ2n) is 5.79. The van der Waals surface area contributed by atoms with Gasteiger partial charge in [0.1, 0.15) is 0 Å². The van der Waals surface area contributed by atoms with Crippen molar-refractivity contribution in [3.05, 3.63) is 20.3 Å². The van der Waals surface area contributed by atoms with Crippen LogP contribution < -0.4 is 5.32 Å². The zero-order valence-electron chi connectivity index (χ0n) is 11.2. The van der Waals surface area contributed by atoms with Crippen LogP contribution in [0.15, 0.2) is 20.3 Å². The molecule has 2 N–H and O–H groups in total. The van der Waals surface area contributed by atoms with Crippen LogP contribution in [-0.4, -0.2) is 22.8 Å². The van der Waals surface area contributed by atoms with E-state index in [1.54, 1.807) is 0 Å². The molecule has 1 heterocycles. The Morgan fingerprint density at radius 3 is 2.58 bits per heavy atom. The molecule has 1 aliphatic carbocycles. The van der Waals surface area contributed by atoms with E-state index in [9.17, 15) is 5.11 Å². The molecule has 0 aromatic heterocycles. The molecule has 0 aromatic rings. The van der Waals surface area contributed by atoms with Gasteiger partial charge in [-0.25, -0.2) is 0 Å². The zero-order valence-corrected chi connectivity index (χ0v) is 15.5. The van der Waals surface area contributed by atoms with Crippen molar-refractivity contribution in [2.24, 2.45) is 5.92 Å². The average molecular weight is 487 g/mol. The van der Waals surface area contributed by atoms with Gasteiger partial charge in [-0.3, -0.25) is 0 Å². The molecule has 1 aliphatic heterocycles. The lowest BCUT2D eigenvalue weighted by Crippen LogP contribution is -2.61. The molecular weight excluding hydrogens is 464 g/mol. The first kappa shape index (κ1) is 16.2. The Balaban J connectivity index is 2.13. The van der Waals surface area contributed by atoms with E-state index in [4.69, 9.17) is 0 Å². The van der Waals surface area contributed by atoms with Crippen molar-refractivity contribution in [1.82, 2.24) is 5.32 Å². The fourth-order valence-electron chi connectivity index (χ4n) is 3.80. The van der Waals surface area contributed by atoms with Gasteiger partial charge in [0.25, 0.3) is 0 Å². The Labute approximate surface area is 143 Å². The Morgan fingerprint density at radius 2 is 1.89 bits per heavy atom. The Kier molecular flexibility index (Phi) is 6.62. The lowest BCUT2D eigenvalue weighted by molar-refractivity contribution is 0.00405. The number of rotatable bonds is 3. The van der Waals surface area contributed by atoms with Gasteiger partial charge in [0.2, 0.25) is 0 Å². The van der Waals surface area contributed by atoms with Gasteiger partial charge in [0.05, 0.1) is 6.10 Å². The van der Waals surface area contributed by atoms with Gasteiger partial charge in [0, 0.05) is 17.5 Å². The van der Waals surface area contributed by atoms with Crippen molar-refractivity contribution in [1.29, 1.82) is 0 Å². The van der Waals surface area contributed by atoms with E-state index >= 15 is 0 Å². The van der Waals surface area contributed by atoms with Crippen LogP contribution in [0.5, 0.6) is 0 Å². The quantitative estimate of drug-likeness (QED) is 0.582. The Hall–Kier alpha value is 0.860. The van der Waals surface area contributed by atoms with Gasteiger partial charge >= 0.3 is 0 Å². The van der Waals surface area contributed by atoms with Crippen LogP contribution in [0.4, 0.5) is 0 Å². The molecule has 0 bridgehead atoms. The molecule has 2 fully saturated rings. The van der Waals surface area contributed by atoms with Crippen molar-refractivity contribution in [3.8, 4) is 0 Å². The van der Waals surface area contributed by atoms with Gasteiger partial charge in [-0.05, 0) is 46.7 Å². The van der Waals surface area contributed by atoms with Crippen molar-refractivity contribution in [3.63, 3.8) is 0 Å². The lowest BCUT2D eigenvalue weighted by Gasteiger charge is -2.51. The minimum Gasteiger partial charge on any atom is -0.392 e. The molecule has 1 saturated heterocycles. The molecular formula is C15H23I2NO. The van der Waals surface area contributed by atoms with Crippen LogP contribution in [-0.2, 0) is 0 Å². The first-order valence-corrected chi connectivity index (χ1v) is 9.69. The summed E-state index contributed by atoms with van der Waals surface area (Å²) in [6, 6.07) is 0.579. The minimum atomic E-state index is -0.175. The van der Waals surface area contributed by atoms with Crippen molar-refractivity contribution in [2.45, 2.75) is 62.6 Å². The normalized spacial score (nSPS) is 40.5. The van der Waals surface area contributed by atoms with Gasteiger partial charge in [-0.15, -0.1) is 0 Å². The van der Waals surface area contributed by atoms with Crippen LogP contribution in [0.2, 0.25) is 0 Å². The summed E-state index contributed by atoms with van der Waals surface area (Å²) < 4.78 is 4.19. The predicted molar refractivity (Wildman–Crippen MR) is 97.8 cm³/mol. The number of aliphatic hydroxyl groups is 1. The molecule has 2 nitrogen and oxygen atoms in total. The second kappa shape index (κ2) is 7.75. The summed E-state index contributed by atoms with van der Waals surface area (Å²) in [7, 11) is 0. The SMILES string of the molecule is O[C@H]1CCC[C@@]2(CCC[C@@H](C/C=C/I)N2)[C@@H]1/C=C/I. The molecule has 0 amide bonds. The number of piperidine rings is 1. The standard InChI is InChI=1S/C15H23I2NO/c16-10-3-5-12-4-1-8-15(18-12)9-2-6-14(19)13(15)7-11-17/h3,7,10-14,18-19H,1-2,4-6,8-9H2/b10-3+,11-7+/t12-,13+,14-,15-/m0/s1. The summed E-state index contributed by atoms with van der Waals surface area (Å²) in [6.07, 6.45) is 12.5. The van der Waals surface area contributed by atoms with Crippen molar-refractivity contribution >= 4 is 45.2 Å². The molecule has 2 rings (SSSR count). The highest BCUT2D eigenvalue weighted by molar-refractivity contribution is 14.1. The van der Waals surface area contributed by atoms with Crippen LogP contribution in [0.25, 0.3) is 0 Å². The maximum Gasteiger partial charge on any atom is 0.0620 e. The summed E-state index contributed by atoms with van der Waals surface area (Å²) in [5, 5.41) is 14.3. The van der Waals surface area contributed by atoms with E-state index in [1.165, 1.54) is 25.7 Å². The minimum absolute atomic E-state index is 0.140. The first-order valence-electron chi connectivity index (χ1n) is 7.20. The summed E-state index contributed by atoms with van der Waals surface area (Å²) >= 11 is 4.57. The zero-order chi connectivity index (χ0) is 13.7. The van der Waals surface area contributed by atoms with Crippen LogP contribution in [0.3, 0.4) is 0 Å². The van der Waals surface area contributed by atoms with E-state index in [2.05, 4.69) is 70.8 Å². The summed E-state index contributed by atoms with van der Waals surface area (Å²) in [4.78, 5) is 0. The van der Waals surface area contributed by atoms with Gasteiger partial charge in [-0.2, -0.15) is 0 Å². The smallest absolute Gasteiger partial charge is 0.0620 e. The van der Waals surface area contributed by atoms with E-state index in [0.717, 1.165) is 19.3 Å². The Morgan fingerprint density at radius 1 is 1.16 bits per heavy atom. The van der Waals surface area contributed by atoms with Crippen LogP contribution in [0, 0.1) is 5.92 Å². The van der Waals surface area contributed by atoms with Gasteiger partial charge in [0.15, 0.2) is 0 Å². The van der Waals surface area contributed by atoms with E-state index < -0.39 is 0 Å². The summed E-state index contributed by atoms with van der Waals surface area (Å²) in [6.45, 7) is 0. The van der Waals surface area contributed by atoms with E-state index in [1.807, 2.05) is 0 Å². The highest BCUT2D eigenvalue weighted by Crippen LogP contribution is 2.42. The molecule has 4 heteroatoms. The highest BCUT2D eigenvalue weighted by Gasteiger charge is 2.45. The van der Waals surface area contributed by atoms with Crippen LogP contribution in [0.1, 0.15) is 44.9 Å². The third kappa shape index (κ3) is 3.95. The fraction of sp³-hybridized carbons (Fsp3) is 0.733. The molecule has 4 atom stereocenters. The fourth-order valence-corrected chi connectivity index (χ4v) is 4.54. The molecule has 2 aliphatic rings. The molecule has 108 valence electrons. The number of halogens is 2.